The third kappa shape index (κ3) is 3.41. The molecule has 0 spiro atoms. The van der Waals surface area contributed by atoms with Crippen molar-refractivity contribution < 1.29 is 4.79 Å². The van der Waals surface area contributed by atoms with Gasteiger partial charge in [-0.3, -0.25) is 14.2 Å². The van der Waals surface area contributed by atoms with Gasteiger partial charge in [-0.2, -0.15) is 0 Å². The Kier molecular flexibility index (Phi) is 5.39. The molecule has 134 valence electrons. The number of hydrogen-bond donors (Lipinski definition) is 1. The highest BCUT2D eigenvalue weighted by molar-refractivity contribution is 5.85. The standard InChI is InChI=1S/C18H22N4O2.ClH/c23-17(22-13-5-6-14(22)11-19-9-7-13)8-10-21-12-20-16-4-2-1-3-15(16)18(21)24;/h1-4,12-14,19H,5-11H2;1H. The van der Waals surface area contributed by atoms with Crippen molar-refractivity contribution in [2.45, 2.75) is 44.3 Å². The zero-order valence-electron chi connectivity index (χ0n) is 14.1. The Bertz CT molecular complexity index is 808. The van der Waals surface area contributed by atoms with E-state index in [4.69, 9.17) is 0 Å². The van der Waals surface area contributed by atoms with Gasteiger partial charge in [0.1, 0.15) is 0 Å². The van der Waals surface area contributed by atoms with Crippen molar-refractivity contribution in [3.63, 3.8) is 0 Å². The van der Waals surface area contributed by atoms with Gasteiger partial charge in [0.2, 0.25) is 5.91 Å². The van der Waals surface area contributed by atoms with E-state index in [1.54, 1.807) is 17.0 Å². The van der Waals surface area contributed by atoms with Crippen molar-refractivity contribution in [3.05, 3.63) is 40.9 Å². The number of hydrogen-bond acceptors (Lipinski definition) is 4. The smallest absolute Gasteiger partial charge is 0.261 e. The minimum Gasteiger partial charge on any atom is -0.335 e. The Morgan fingerprint density at radius 1 is 1.20 bits per heavy atom. The van der Waals surface area contributed by atoms with E-state index in [0.29, 0.717) is 36.0 Å². The zero-order valence-corrected chi connectivity index (χ0v) is 14.9. The molecule has 1 aromatic carbocycles. The van der Waals surface area contributed by atoms with Gasteiger partial charge in [-0.05, 0) is 37.9 Å². The van der Waals surface area contributed by atoms with Crippen LogP contribution in [0.3, 0.4) is 0 Å². The van der Waals surface area contributed by atoms with Crippen LogP contribution in [0.1, 0.15) is 25.7 Å². The summed E-state index contributed by atoms with van der Waals surface area (Å²) >= 11 is 0. The summed E-state index contributed by atoms with van der Waals surface area (Å²) in [6.07, 6.45) is 5.12. The first kappa shape index (κ1) is 17.9. The first-order valence-electron chi connectivity index (χ1n) is 8.70. The molecule has 7 heteroatoms. The average molecular weight is 363 g/mol. The summed E-state index contributed by atoms with van der Waals surface area (Å²) in [5.74, 6) is 0.159. The maximum Gasteiger partial charge on any atom is 0.261 e. The van der Waals surface area contributed by atoms with Gasteiger partial charge < -0.3 is 10.2 Å². The van der Waals surface area contributed by atoms with Crippen molar-refractivity contribution in [2.75, 3.05) is 13.1 Å². The highest BCUT2D eigenvalue weighted by Crippen LogP contribution is 2.28. The Labute approximate surface area is 152 Å². The van der Waals surface area contributed by atoms with Crippen LogP contribution in [-0.4, -0.2) is 45.5 Å². The van der Waals surface area contributed by atoms with Crippen molar-refractivity contribution in [2.24, 2.45) is 0 Å². The number of benzene rings is 1. The molecule has 2 bridgehead atoms. The molecular formula is C18H23ClN4O2. The van der Waals surface area contributed by atoms with Gasteiger partial charge in [-0.15, -0.1) is 12.4 Å². The normalized spacial score (nSPS) is 22.5. The first-order valence-corrected chi connectivity index (χ1v) is 8.70. The van der Waals surface area contributed by atoms with Crippen LogP contribution < -0.4 is 10.9 Å². The molecule has 1 amide bonds. The quantitative estimate of drug-likeness (QED) is 0.899. The second-order valence-electron chi connectivity index (χ2n) is 6.69. The second kappa shape index (κ2) is 7.54. The molecule has 2 aromatic rings. The molecule has 0 radical (unpaired) electrons. The average Bonchev–Trinajstić information content (AvgIpc) is 2.87. The molecule has 4 rings (SSSR count). The second-order valence-corrected chi connectivity index (χ2v) is 6.69. The van der Waals surface area contributed by atoms with Crippen molar-refractivity contribution in [1.82, 2.24) is 19.8 Å². The van der Waals surface area contributed by atoms with Gasteiger partial charge in [-0.1, -0.05) is 12.1 Å². The third-order valence-electron chi connectivity index (χ3n) is 5.24. The van der Waals surface area contributed by atoms with Gasteiger partial charge in [0.25, 0.3) is 5.56 Å². The molecule has 2 atom stereocenters. The summed E-state index contributed by atoms with van der Waals surface area (Å²) in [5, 5.41) is 4.01. The maximum atomic E-state index is 12.7. The number of halogens is 1. The van der Waals surface area contributed by atoms with Gasteiger partial charge >= 0.3 is 0 Å². The van der Waals surface area contributed by atoms with Crippen molar-refractivity contribution >= 4 is 29.2 Å². The van der Waals surface area contributed by atoms with Gasteiger partial charge in [0, 0.05) is 31.6 Å². The Morgan fingerprint density at radius 3 is 2.88 bits per heavy atom. The third-order valence-corrected chi connectivity index (χ3v) is 5.24. The monoisotopic (exact) mass is 362 g/mol. The highest BCUT2D eigenvalue weighted by atomic mass is 35.5. The SMILES string of the molecule is Cl.O=C(CCn1cnc2ccccc2c1=O)N1C2CCNCC1CC2. The van der Waals surface area contributed by atoms with E-state index < -0.39 is 0 Å². The van der Waals surface area contributed by atoms with Crippen LogP contribution in [0.5, 0.6) is 0 Å². The van der Waals surface area contributed by atoms with Crippen LogP contribution in [0, 0.1) is 0 Å². The number of aryl methyl sites for hydroxylation is 1. The molecule has 6 nitrogen and oxygen atoms in total. The van der Waals surface area contributed by atoms with E-state index in [0.717, 1.165) is 32.4 Å². The molecule has 2 fully saturated rings. The first-order chi connectivity index (χ1) is 11.7. The van der Waals surface area contributed by atoms with Crippen molar-refractivity contribution in [1.29, 1.82) is 0 Å². The fourth-order valence-corrected chi connectivity index (χ4v) is 4.00. The number of para-hydroxylation sites is 1. The molecule has 0 aliphatic carbocycles. The zero-order chi connectivity index (χ0) is 16.5. The maximum absolute atomic E-state index is 12.7. The summed E-state index contributed by atoms with van der Waals surface area (Å²) in [6, 6.07) is 7.99. The van der Waals surface area contributed by atoms with Crippen LogP contribution in [0.2, 0.25) is 0 Å². The Balaban J connectivity index is 0.00000182. The molecule has 25 heavy (non-hydrogen) atoms. The molecule has 0 saturated carbocycles. The van der Waals surface area contributed by atoms with E-state index in [-0.39, 0.29) is 23.9 Å². The lowest BCUT2D eigenvalue weighted by molar-refractivity contribution is -0.134. The summed E-state index contributed by atoms with van der Waals surface area (Å²) < 4.78 is 1.55. The molecular weight excluding hydrogens is 340 g/mol. The van der Waals surface area contributed by atoms with E-state index in [2.05, 4.69) is 15.2 Å². The number of nitrogens with zero attached hydrogens (tertiary/aromatic N) is 3. The Morgan fingerprint density at radius 2 is 2.00 bits per heavy atom. The lowest BCUT2D eigenvalue weighted by Gasteiger charge is -2.28. The number of carbonyl (C=O) groups is 1. The highest BCUT2D eigenvalue weighted by Gasteiger charge is 2.37. The predicted molar refractivity (Wildman–Crippen MR) is 99.0 cm³/mol. The fourth-order valence-electron chi connectivity index (χ4n) is 4.00. The van der Waals surface area contributed by atoms with E-state index in [1.165, 1.54) is 0 Å². The summed E-state index contributed by atoms with van der Waals surface area (Å²) in [6.45, 7) is 2.26. The topological polar surface area (TPSA) is 67.2 Å². The molecule has 2 saturated heterocycles. The van der Waals surface area contributed by atoms with Crippen LogP contribution in [0.25, 0.3) is 10.9 Å². The number of nitrogens with one attached hydrogen (secondary N) is 1. The summed E-state index contributed by atoms with van der Waals surface area (Å²) in [7, 11) is 0. The Hall–Kier alpha value is -1.92. The van der Waals surface area contributed by atoms with Crippen LogP contribution in [0.4, 0.5) is 0 Å². The molecule has 3 heterocycles. The molecule has 1 aromatic heterocycles. The van der Waals surface area contributed by atoms with Gasteiger partial charge in [0.05, 0.1) is 17.2 Å². The summed E-state index contributed by atoms with van der Waals surface area (Å²) in [4.78, 5) is 31.6. The minimum atomic E-state index is -0.0751. The van der Waals surface area contributed by atoms with E-state index in [1.807, 2.05) is 18.2 Å². The number of fused-ring (bicyclic) bond motifs is 3. The van der Waals surface area contributed by atoms with Gasteiger partial charge in [0.15, 0.2) is 0 Å². The number of carbonyl (C=O) groups excluding carboxylic acids is 1. The molecule has 1 N–H and O–H groups in total. The summed E-state index contributed by atoms with van der Waals surface area (Å²) in [5.41, 5.74) is 0.621. The van der Waals surface area contributed by atoms with E-state index >= 15 is 0 Å². The molecule has 2 aliphatic heterocycles. The molecule has 2 aliphatic rings. The predicted octanol–water partition coefficient (Wildman–Crippen LogP) is 1.56. The van der Waals surface area contributed by atoms with Crippen LogP contribution >= 0.6 is 12.4 Å². The number of amides is 1. The fraction of sp³-hybridized carbons (Fsp3) is 0.500. The minimum absolute atomic E-state index is 0. The largest absolute Gasteiger partial charge is 0.335 e. The molecule has 2 unspecified atom stereocenters. The van der Waals surface area contributed by atoms with Crippen LogP contribution in [0.15, 0.2) is 35.4 Å². The number of aromatic nitrogens is 2. The van der Waals surface area contributed by atoms with Crippen molar-refractivity contribution in [3.8, 4) is 0 Å². The lowest BCUT2D eigenvalue weighted by atomic mass is 10.1. The number of rotatable bonds is 3. The van der Waals surface area contributed by atoms with E-state index in [9.17, 15) is 9.59 Å². The lowest BCUT2D eigenvalue weighted by Crippen LogP contribution is -2.43. The van der Waals surface area contributed by atoms with Crippen LogP contribution in [-0.2, 0) is 11.3 Å². The van der Waals surface area contributed by atoms with Gasteiger partial charge in [-0.25, -0.2) is 4.98 Å².